The Morgan fingerprint density at radius 2 is 2.14 bits per heavy atom. The highest BCUT2D eigenvalue weighted by atomic mass is 35.5. The SMILES string of the molecule is NC(=O)CCS(=O)(=O)CCN1CCCC1c1cccc(Cl)c1. The summed E-state index contributed by atoms with van der Waals surface area (Å²) in [7, 11) is -3.25. The monoisotopic (exact) mass is 344 g/mol. The zero-order valence-electron chi connectivity index (χ0n) is 12.4. The molecule has 1 saturated heterocycles. The molecule has 7 heteroatoms. The van der Waals surface area contributed by atoms with Crippen molar-refractivity contribution in [1.29, 1.82) is 0 Å². The molecule has 22 heavy (non-hydrogen) atoms. The second-order valence-corrected chi connectivity index (χ2v) is 8.36. The van der Waals surface area contributed by atoms with Crippen molar-refractivity contribution in [3.05, 3.63) is 34.9 Å². The zero-order valence-corrected chi connectivity index (χ0v) is 13.9. The quantitative estimate of drug-likeness (QED) is 0.817. The number of sulfone groups is 1. The van der Waals surface area contributed by atoms with Crippen molar-refractivity contribution < 1.29 is 13.2 Å². The second-order valence-electron chi connectivity index (χ2n) is 5.62. The molecular weight excluding hydrogens is 324 g/mol. The minimum Gasteiger partial charge on any atom is -0.370 e. The van der Waals surface area contributed by atoms with E-state index in [1.54, 1.807) is 0 Å². The van der Waals surface area contributed by atoms with Crippen LogP contribution in [-0.2, 0) is 14.6 Å². The molecule has 0 aromatic heterocycles. The van der Waals surface area contributed by atoms with E-state index in [4.69, 9.17) is 17.3 Å². The molecule has 1 aliphatic rings. The summed E-state index contributed by atoms with van der Waals surface area (Å²) in [6.45, 7) is 1.35. The summed E-state index contributed by atoms with van der Waals surface area (Å²) >= 11 is 6.03. The lowest BCUT2D eigenvalue weighted by molar-refractivity contribution is -0.117. The lowest BCUT2D eigenvalue weighted by Crippen LogP contribution is -2.30. The van der Waals surface area contributed by atoms with Gasteiger partial charge < -0.3 is 5.73 Å². The van der Waals surface area contributed by atoms with Gasteiger partial charge in [-0.2, -0.15) is 0 Å². The van der Waals surface area contributed by atoms with Gasteiger partial charge in [0.2, 0.25) is 5.91 Å². The van der Waals surface area contributed by atoms with Crippen molar-refractivity contribution >= 4 is 27.3 Å². The van der Waals surface area contributed by atoms with Gasteiger partial charge in [-0.05, 0) is 37.1 Å². The molecular formula is C15H21ClN2O3S. The van der Waals surface area contributed by atoms with Gasteiger partial charge in [-0.15, -0.1) is 0 Å². The van der Waals surface area contributed by atoms with E-state index in [-0.39, 0.29) is 24.0 Å². The first kappa shape index (κ1) is 17.2. The summed E-state index contributed by atoms with van der Waals surface area (Å²) in [4.78, 5) is 12.9. The van der Waals surface area contributed by atoms with Gasteiger partial charge in [0.05, 0.1) is 11.5 Å². The summed E-state index contributed by atoms with van der Waals surface area (Å²) in [6.07, 6.45) is 1.93. The van der Waals surface area contributed by atoms with Crippen LogP contribution in [0.15, 0.2) is 24.3 Å². The van der Waals surface area contributed by atoms with Gasteiger partial charge >= 0.3 is 0 Å². The Labute approximate surface area is 136 Å². The molecule has 1 amide bonds. The van der Waals surface area contributed by atoms with E-state index in [2.05, 4.69) is 4.90 Å². The Bertz CT molecular complexity index is 633. The van der Waals surface area contributed by atoms with Gasteiger partial charge in [-0.25, -0.2) is 8.42 Å². The second kappa shape index (κ2) is 7.44. The highest BCUT2D eigenvalue weighted by molar-refractivity contribution is 7.91. The third-order valence-electron chi connectivity index (χ3n) is 3.95. The Morgan fingerprint density at radius 3 is 2.82 bits per heavy atom. The van der Waals surface area contributed by atoms with Crippen LogP contribution in [0.4, 0.5) is 0 Å². The minimum atomic E-state index is -3.25. The van der Waals surface area contributed by atoms with Crippen molar-refractivity contribution in [2.45, 2.75) is 25.3 Å². The Morgan fingerprint density at radius 1 is 1.36 bits per heavy atom. The van der Waals surface area contributed by atoms with Gasteiger partial charge in [0.1, 0.15) is 0 Å². The van der Waals surface area contributed by atoms with Crippen molar-refractivity contribution in [2.24, 2.45) is 5.73 Å². The van der Waals surface area contributed by atoms with Crippen LogP contribution in [0.25, 0.3) is 0 Å². The lowest BCUT2D eigenvalue weighted by atomic mass is 10.0. The standard InChI is InChI=1S/C15H21ClN2O3S/c16-13-4-1-3-12(11-13)14-5-2-7-18(14)8-10-22(20,21)9-6-15(17)19/h1,3-4,11,14H,2,5-10H2,(H2,17,19). The fourth-order valence-electron chi connectivity index (χ4n) is 2.80. The fourth-order valence-corrected chi connectivity index (χ4v) is 4.23. The number of hydrogen-bond acceptors (Lipinski definition) is 4. The molecule has 0 spiro atoms. The molecule has 1 unspecified atom stereocenters. The number of likely N-dealkylation sites (tertiary alicyclic amines) is 1. The predicted molar refractivity (Wildman–Crippen MR) is 87.5 cm³/mol. The number of primary amides is 1. The van der Waals surface area contributed by atoms with Gasteiger partial charge in [-0.1, -0.05) is 23.7 Å². The minimum absolute atomic E-state index is 0.0529. The molecule has 1 heterocycles. The van der Waals surface area contributed by atoms with Crippen LogP contribution < -0.4 is 5.73 Å². The third kappa shape index (κ3) is 4.97. The summed E-state index contributed by atoms with van der Waals surface area (Å²) in [5.41, 5.74) is 6.13. The van der Waals surface area contributed by atoms with E-state index in [9.17, 15) is 13.2 Å². The molecule has 2 N–H and O–H groups in total. The number of benzene rings is 1. The van der Waals surface area contributed by atoms with Crippen LogP contribution in [-0.4, -0.2) is 43.8 Å². The maximum Gasteiger partial charge on any atom is 0.218 e. The molecule has 5 nitrogen and oxygen atoms in total. The van der Waals surface area contributed by atoms with E-state index >= 15 is 0 Å². The molecule has 0 radical (unpaired) electrons. The Hall–Kier alpha value is -1.11. The number of nitrogens with zero attached hydrogens (tertiary/aromatic N) is 1. The van der Waals surface area contributed by atoms with Crippen molar-refractivity contribution in [1.82, 2.24) is 4.90 Å². The molecule has 1 aromatic carbocycles. The Balaban J connectivity index is 1.96. The van der Waals surface area contributed by atoms with Crippen LogP contribution in [0.1, 0.15) is 30.9 Å². The number of amides is 1. The predicted octanol–water partition coefficient (Wildman–Crippen LogP) is 1.77. The third-order valence-corrected chi connectivity index (χ3v) is 5.81. The molecule has 0 aliphatic carbocycles. The first-order chi connectivity index (χ1) is 10.4. The summed E-state index contributed by atoms with van der Waals surface area (Å²) in [5.74, 6) is -0.698. The van der Waals surface area contributed by atoms with E-state index in [0.29, 0.717) is 11.6 Å². The average Bonchev–Trinajstić information content (AvgIpc) is 2.92. The first-order valence-electron chi connectivity index (χ1n) is 7.35. The molecule has 122 valence electrons. The number of carbonyl (C=O) groups is 1. The average molecular weight is 345 g/mol. The number of halogens is 1. The molecule has 2 rings (SSSR count). The largest absolute Gasteiger partial charge is 0.370 e. The summed E-state index contributed by atoms with van der Waals surface area (Å²) in [5, 5.41) is 0.693. The van der Waals surface area contributed by atoms with Crippen LogP contribution in [0, 0.1) is 0 Å². The highest BCUT2D eigenvalue weighted by Gasteiger charge is 2.27. The number of carbonyl (C=O) groups excluding carboxylic acids is 1. The number of nitrogens with two attached hydrogens (primary N) is 1. The van der Waals surface area contributed by atoms with Crippen molar-refractivity contribution in [3.63, 3.8) is 0 Å². The highest BCUT2D eigenvalue weighted by Crippen LogP contribution is 2.32. The maximum atomic E-state index is 11.9. The van der Waals surface area contributed by atoms with Gasteiger partial charge in [0, 0.05) is 24.0 Å². The topological polar surface area (TPSA) is 80.5 Å². The smallest absolute Gasteiger partial charge is 0.218 e. The lowest BCUT2D eigenvalue weighted by Gasteiger charge is -2.24. The normalized spacial score (nSPS) is 19.4. The van der Waals surface area contributed by atoms with Crippen LogP contribution in [0.2, 0.25) is 5.02 Å². The van der Waals surface area contributed by atoms with Crippen molar-refractivity contribution in [3.8, 4) is 0 Å². The van der Waals surface area contributed by atoms with Crippen LogP contribution in [0.3, 0.4) is 0 Å². The summed E-state index contributed by atoms with van der Waals surface area (Å²) in [6, 6.07) is 7.92. The van der Waals surface area contributed by atoms with E-state index in [0.717, 1.165) is 24.9 Å². The molecule has 1 aliphatic heterocycles. The van der Waals surface area contributed by atoms with Crippen LogP contribution >= 0.6 is 11.6 Å². The first-order valence-corrected chi connectivity index (χ1v) is 9.55. The molecule has 0 saturated carbocycles. The molecule has 1 atom stereocenters. The van der Waals surface area contributed by atoms with E-state index in [1.807, 2.05) is 24.3 Å². The molecule has 1 fully saturated rings. The van der Waals surface area contributed by atoms with E-state index in [1.165, 1.54) is 0 Å². The van der Waals surface area contributed by atoms with Crippen LogP contribution in [0.5, 0.6) is 0 Å². The zero-order chi connectivity index (χ0) is 16.2. The van der Waals surface area contributed by atoms with Gasteiger partial charge in [-0.3, -0.25) is 9.69 Å². The molecule has 1 aromatic rings. The van der Waals surface area contributed by atoms with Gasteiger partial charge in [0.25, 0.3) is 0 Å². The fraction of sp³-hybridized carbons (Fsp3) is 0.533. The van der Waals surface area contributed by atoms with Crippen molar-refractivity contribution in [2.75, 3.05) is 24.6 Å². The molecule has 0 bridgehead atoms. The van der Waals surface area contributed by atoms with Gasteiger partial charge in [0.15, 0.2) is 9.84 Å². The number of rotatable bonds is 7. The van der Waals surface area contributed by atoms with E-state index < -0.39 is 15.7 Å². The Kier molecular flexibility index (Phi) is 5.83. The maximum absolute atomic E-state index is 11.9. The number of hydrogen-bond donors (Lipinski definition) is 1. The summed E-state index contributed by atoms with van der Waals surface area (Å²) < 4.78 is 23.9.